The van der Waals surface area contributed by atoms with Gasteiger partial charge < -0.3 is 19.5 Å². The van der Waals surface area contributed by atoms with E-state index in [1.807, 2.05) is 36.4 Å². The van der Waals surface area contributed by atoms with Crippen LogP contribution in [0.4, 0.5) is 14.5 Å². The molecule has 1 N–H and O–H groups in total. The fourth-order valence-electron chi connectivity index (χ4n) is 5.34. The number of nitrogens with one attached hydrogen (secondary N) is 1. The van der Waals surface area contributed by atoms with Gasteiger partial charge in [-0.25, -0.2) is 18.7 Å². The number of carbonyl (C=O) groups excluding carboxylic acids is 1. The van der Waals surface area contributed by atoms with Crippen LogP contribution in [-0.2, 0) is 4.79 Å². The maximum atomic E-state index is 12.7. The second kappa shape index (κ2) is 9.89. The summed E-state index contributed by atoms with van der Waals surface area (Å²) < 4.78 is 34.0. The van der Waals surface area contributed by atoms with E-state index in [1.54, 1.807) is 0 Å². The number of amides is 1. The Morgan fingerprint density at radius 2 is 1.89 bits per heavy atom. The molecule has 1 saturated carbocycles. The van der Waals surface area contributed by atoms with Crippen LogP contribution in [0.5, 0.6) is 5.88 Å². The van der Waals surface area contributed by atoms with Gasteiger partial charge in [0.25, 0.3) is 6.43 Å². The van der Waals surface area contributed by atoms with Crippen LogP contribution < -0.4 is 15.0 Å². The number of halogens is 2. The number of carbonyl (C=O) groups is 1. The van der Waals surface area contributed by atoms with E-state index in [-0.39, 0.29) is 24.5 Å². The van der Waals surface area contributed by atoms with E-state index in [1.165, 1.54) is 0 Å². The molecule has 1 amide bonds. The fraction of sp³-hybridized carbons (Fsp3) is 0.519. The predicted molar refractivity (Wildman–Crippen MR) is 137 cm³/mol. The molecule has 0 radical (unpaired) electrons. The number of hydrogen-bond donors (Lipinski definition) is 1. The van der Waals surface area contributed by atoms with Crippen LogP contribution in [0.25, 0.3) is 22.3 Å². The van der Waals surface area contributed by atoms with Gasteiger partial charge in [-0.3, -0.25) is 9.69 Å². The molecule has 3 aliphatic rings. The van der Waals surface area contributed by atoms with Crippen LogP contribution in [0, 0.1) is 5.92 Å². The lowest BCUT2D eigenvalue weighted by molar-refractivity contribution is -0.119. The van der Waals surface area contributed by atoms with Gasteiger partial charge in [0.15, 0.2) is 0 Å². The van der Waals surface area contributed by atoms with E-state index in [4.69, 9.17) is 9.72 Å². The average Bonchev–Trinajstić information content (AvgIpc) is 3.49. The Bertz CT molecular complexity index is 1270. The highest BCUT2D eigenvalue weighted by Crippen LogP contribution is 2.40. The van der Waals surface area contributed by atoms with Crippen LogP contribution in [-0.4, -0.2) is 77.1 Å². The molecule has 6 rings (SSSR count). The monoisotopic (exact) mass is 510 g/mol. The van der Waals surface area contributed by atoms with Gasteiger partial charge in [-0.2, -0.15) is 0 Å². The lowest BCUT2D eigenvalue weighted by Crippen LogP contribution is -2.47. The summed E-state index contributed by atoms with van der Waals surface area (Å²) in [6, 6.07) is 10.6. The minimum atomic E-state index is -2.29. The molecule has 3 fully saturated rings. The highest BCUT2D eigenvalue weighted by molar-refractivity contribution is 5.85. The summed E-state index contributed by atoms with van der Waals surface area (Å²) in [5.41, 5.74) is 4.57. The van der Waals surface area contributed by atoms with Crippen molar-refractivity contribution in [1.29, 1.82) is 0 Å². The van der Waals surface area contributed by atoms with Gasteiger partial charge in [0.05, 0.1) is 24.1 Å². The molecule has 2 atom stereocenters. The number of pyridine rings is 1. The highest BCUT2D eigenvalue weighted by Gasteiger charge is 2.31. The number of nitrogens with zero attached hydrogens (tertiary/aromatic N) is 5. The van der Waals surface area contributed by atoms with Gasteiger partial charge in [-0.15, -0.1) is 0 Å². The van der Waals surface area contributed by atoms with Crippen molar-refractivity contribution in [2.24, 2.45) is 5.92 Å². The van der Waals surface area contributed by atoms with E-state index in [9.17, 15) is 13.6 Å². The summed E-state index contributed by atoms with van der Waals surface area (Å²) in [5.74, 6) is 0.722. The Hall–Kier alpha value is -3.27. The maximum absolute atomic E-state index is 12.7. The number of anilines is 1. The first-order valence-corrected chi connectivity index (χ1v) is 13.1. The largest absolute Gasteiger partial charge is 0.473 e. The molecular formula is C27H32F2N6O2. The average molecular weight is 511 g/mol. The molecule has 37 heavy (non-hydrogen) atoms. The minimum absolute atomic E-state index is 0.0610. The highest BCUT2D eigenvalue weighted by atomic mass is 19.3. The normalized spacial score (nSPS) is 21.6. The Morgan fingerprint density at radius 3 is 2.54 bits per heavy atom. The van der Waals surface area contributed by atoms with E-state index in [0.717, 1.165) is 53.9 Å². The molecule has 0 unspecified atom stereocenters. The van der Waals surface area contributed by atoms with E-state index in [0.29, 0.717) is 38.0 Å². The van der Waals surface area contributed by atoms with Crippen LogP contribution in [0.1, 0.15) is 32.2 Å². The number of piperazine rings is 1. The van der Waals surface area contributed by atoms with Gasteiger partial charge in [0.2, 0.25) is 11.8 Å². The van der Waals surface area contributed by atoms with Gasteiger partial charge in [0, 0.05) is 62.4 Å². The minimum Gasteiger partial charge on any atom is -0.473 e. The fourth-order valence-corrected chi connectivity index (χ4v) is 5.34. The van der Waals surface area contributed by atoms with Gasteiger partial charge in [0.1, 0.15) is 11.6 Å². The number of alkyl halides is 2. The van der Waals surface area contributed by atoms with E-state index in [2.05, 4.69) is 31.9 Å². The Kier molecular flexibility index (Phi) is 6.44. The first-order chi connectivity index (χ1) is 17.9. The Balaban J connectivity index is 1.24. The van der Waals surface area contributed by atoms with Crippen molar-refractivity contribution in [2.45, 2.75) is 44.8 Å². The lowest BCUT2D eigenvalue weighted by Gasteiger charge is -2.36. The molecule has 10 heteroatoms. The zero-order chi connectivity index (χ0) is 25.5. The first kappa shape index (κ1) is 24.1. The third-order valence-electron chi connectivity index (χ3n) is 7.73. The number of aromatic nitrogens is 3. The number of imidazole rings is 1. The van der Waals surface area contributed by atoms with E-state index >= 15 is 0 Å². The molecule has 2 aliphatic heterocycles. The molecule has 1 aliphatic carbocycles. The number of benzene rings is 1. The molecule has 1 aromatic carbocycles. The first-order valence-electron chi connectivity index (χ1n) is 13.1. The third kappa shape index (κ3) is 5.12. The van der Waals surface area contributed by atoms with Crippen molar-refractivity contribution >= 4 is 22.6 Å². The van der Waals surface area contributed by atoms with Crippen molar-refractivity contribution in [3.05, 3.63) is 36.7 Å². The third-order valence-corrected chi connectivity index (χ3v) is 7.73. The molecule has 8 nitrogen and oxygen atoms in total. The van der Waals surface area contributed by atoms with Crippen molar-refractivity contribution in [2.75, 3.05) is 44.2 Å². The number of hydrogen-bond acceptors (Lipinski definition) is 6. The van der Waals surface area contributed by atoms with Crippen molar-refractivity contribution in [1.82, 2.24) is 24.8 Å². The summed E-state index contributed by atoms with van der Waals surface area (Å²) in [5, 5.41) is 2.89. The second-order valence-electron chi connectivity index (χ2n) is 10.4. The standard InChI is InChI=1S/C27H32F2N6O2/c1-17(19-12-25(36)30-14-19)37-27-26-23(31-16-35(26)21-6-7-21)13-22(32-27)18-2-4-20(5-3-18)34-10-8-33(9-11-34)15-24(28)29/h2-5,13,16-17,19,21,24H,6-12,14-15H2,1H3,(H,30,36)/t17-,19-/m1/s1. The van der Waals surface area contributed by atoms with Crippen LogP contribution in [0.3, 0.4) is 0 Å². The number of ether oxygens (including phenoxy) is 1. The predicted octanol–water partition coefficient (Wildman–Crippen LogP) is 3.72. The van der Waals surface area contributed by atoms with Crippen molar-refractivity contribution < 1.29 is 18.3 Å². The molecule has 0 spiro atoms. The number of rotatable bonds is 8. The molecule has 2 aromatic heterocycles. The molecule has 4 heterocycles. The summed E-state index contributed by atoms with van der Waals surface area (Å²) in [4.78, 5) is 25.4. The van der Waals surface area contributed by atoms with Crippen LogP contribution in [0.2, 0.25) is 0 Å². The van der Waals surface area contributed by atoms with Crippen molar-refractivity contribution in [3.63, 3.8) is 0 Å². The molecule has 196 valence electrons. The van der Waals surface area contributed by atoms with E-state index < -0.39 is 6.43 Å². The molecule has 2 saturated heterocycles. The molecular weight excluding hydrogens is 478 g/mol. The van der Waals surface area contributed by atoms with Crippen LogP contribution in [0.15, 0.2) is 36.7 Å². The summed E-state index contributed by atoms with van der Waals surface area (Å²) in [7, 11) is 0. The van der Waals surface area contributed by atoms with Gasteiger partial charge in [-0.1, -0.05) is 12.1 Å². The summed E-state index contributed by atoms with van der Waals surface area (Å²) in [6.45, 7) is 5.17. The lowest BCUT2D eigenvalue weighted by atomic mass is 10.0. The zero-order valence-corrected chi connectivity index (χ0v) is 20.9. The second-order valence-corrected chi connectivity index (χ2v) is 10.4. The Labute approximate surface area is 214 Å². The zero-order valence-electron chi connectivity index (χ0n) is 20.9. The Morgan fingerprint density at radius 1 is 1.14 bits per heavy atom. The quantitative estimate of drug-likeness (QED) is 0.498. The SMILES string of the molecule is C[C@@H](Oc1nc(-c2ccc(N3CCN(CC(F)F)CC3)cc2)cc2ncn(C3CC3)c12)[C@H]1CNC(=O)C1. The maximum Gasteiger partial charge on any atom is 0.251 e. The van der Waals surface area contributed by atoms with Crippen molar-refractivity contribution in [3.8, 4) is 17.1 Å². The smallest absolute Gasteiger partial charge is 0.251 e. The topological polar surface area (TPSA) is 75.5 Å². The van der Waals surface area contributed by atoms with Crippen LogP contribution >= 0.6 is 0 Å². The summed E-state index contributed by atoms with van der Waals surface area (Å²) in [6.07, 6.45) is 2.13. The van der Waals surface area contributed by atoms with Gasteiger partial charge in [-0.05, 0) is 38.0 Å². The molecule has 3 aromatic rings. The number of fused-ring (bicyclic) bond motifs is 1. The summed E-state index contributed by atoms with van der Waals surface area (Å²) >= 11 is 0. The molecule has 0 bridgehead atoms. The van der Waals surface area contributed by atoms with Gasteiger partial charge >= 0.3 is 0 Å².